The normalized spacial score (nSPS) is 11.4. The van der Waals surface area contributed by atoms with Crippen LogP contribution in [-0.2, 0) is 4.79 Å². The minimum atomic E-state index is -0.567. The van der Waals surface area contributed by atoms with E-state index in [2.05, 4.69) is 31.3 Å². The average Bonchev–Trinajstić information content (AvgIpc) is 3.40. The SMILES string of the molecule is O=C(COc1c(Cl)cc(C=Nn2c(-c3cc4cc(Cl)ccc4o3)nc3ccccc3c2=O)cc1Br)Nc1ccccc1F. The lowest BCUT2D eigenvalue weighted by atomic mass is 10.2. The molecule has 0 radical (unpaired) electrons. The fourth-order valence-electron chi connectivity index (χ4n) is 4.32. The smallest absolute Gasteiger partial charge is 0.282 e. The van der Waals surface area contributed by atoms with Crippen molar-refractivity contribution >= 4 is 78.8 Å². The van der Waals surface area contributed by atoms with Gasteiger partial charge in [0, 0.05) is 10.4 Å². The van der Waals surface area contributed by atoms with E-state index in [-0.39, 0.29) is 22.3 Å². The van der Waals surface area contributed by atoms with E-state index in [0.29, 0.717) is 37.3 Å². The van der Waals surface area contributed by atoms with Gasteiger partial charge in [-0.05, 0) is 82.2 Å². The highest BCUT2D eigenvalue weighted by atomic mass is 79.9. The topological polar surface area (TPSA) is 98.7 Å². The van der Waals surface area contributed by atoms with Crippen molar-refractivity contribution in [1.29, 1.82) is 0 Å². The molecule has 0 spiro atoms. The van der Waals surface area contributed by atoms with E-state index in [1.807, 2.05) is 0 Å². The van der Waals surface area contributed by atoms with Crippen molar-refractivity contribution in [2.24, 2.45) is 5.10 Å². The van der Waals surface area contributed by atoms with Gasteiger partial charge in [0.2, 0.25) is 5.82 Å². The monoisotopic (exact) mass is 678 g/mol. The molecule has 2 aromatic heterocycles. The van der Waals surface area contributed by atoms with Gasteiger partial charge < -0.3 is 14.5 Å². The molecule has 4 aromatic carbocycles. The number of halogens is 4. The third-order valence-electron chi connectivity index (χ3n) is 6.29. The Morgan fingerprint density at radius 3 is 2.67 bits per heavy atom. The zero-order chi connectivity index (χ0) is 30.1. The molecule has 0 aliphatic rings. The van der Waals surface area contributed by atoms with Crippen molar-refractivity contribution < 1.29 is 18.3 Å². The number of nitrogens with zero attached hydrogens (tertiary/aromatic N) is 3. The Kier molecular flexibility index (Phi) is 7.98. The first-order valence-corrected chi connectivity index (χ1v) is 14.2. The van der Waals surface area contributed by atoms with Crippen molar-refractivity contribution in [3.8, 4) is 17.3 Å². The number of fused-ring (bicyclic) bond motifs is 2. The Morgan fingerprint density at radius 2 is 1.86 bits per heavy atom. The number of furan rings is 1. The number of hydrogen-bond donors (Lipinski definition) is 1. The standard InChI is InChI=1S/C31H18BrCl2FN4O4/c32-21-11-17(12-22(34)29(21)42-16-28(40)37-25-8-4-2-6-23(25)35)15-36-39-30(38-24-7-3-1-5-20(24)31(39)41)27-14-18-13-19(33)9-10-26(18)43-27/h1-15H,16H2,(H,37,40). The van der Waals surface area contributed by atoms with Crippen LogP contribution in [0.2, 0.25) is 10.0 Å². The molecule has 1 N–H and O–H groups in total. The van der Waals surface area contributed by atoms with Crippen LogP contribution >= 0.6 is 39.1 Å². The number of amides is 1. The fourth-order valence-corrected chi connectivity index (χ4v) is 5.49. The first-order valence-electron chi connectivity index (χ1n) is 12.7. The number of nitrogens with one attached hydrogen (secondary N) is 1. The maximum atomic E-state index is 13.8. The van der Waals surface area contributed by atoms with Gasteiger partial charge in [-0.3, -0.25) is 9.59 Å². The molecule has 1 amide bonds. The van der Waals surface area contributed by atoms with Gasteiger partial charge in [0.15, 0.2) is 18.1 Å². The summed E-state index contributed by atoms with van der Waals surface area (Å²) in [4.78, 5) is 30.5. The molecule has 214 valence electrons. The lowest BCUT2D eigenvalue weighted by molar-refractivity contribution is -0.118. The summed E-state index contributed by atoms with van der Waals surface area (Å²) in [6, 6.07) is 22.9. The molecule has 0 bridgehead atoms. The zero-order valence-electron chi connectivity index (χ0n) is 21.9. The molecule has 0 saturated heterocycles. The molecule has 0 unspecified atom stereocenters. The van der Waals surface area contributed by atoms with Gasteiger partial charge in [-0.15, -0.1) is 0 Å². The molecule has 8 nitrogen and oxygen atoms in total. The van der Waals surface area contributed by atoms with E-state index >= 15 is 0 Å². The first kappa shape index (κ1) is 28.6. The number of ether oxygens (including phenoxy) is 1. The molecular formula is C31H18BrCl2FN4O4. The predicted octanol–water partition coefficient (Wildman–Crippen LogP) is 7.92. The van der Waals surface area contributed by atoms with Crippen molar-refractivity contribution in [2.45, 2.75) is 0 Å². The van der Waals surface area contributed by atoms with Gasteiger partial charge in [-0.25, -0.2) is 9.37 Å². The number of para-hydroxylation sites is 2. The minimum Gasteiger partial charge on any atom is -0.481 e. The van der Waals surface area contributed by atoms with E-state index in [1.165, 1.54) is 24.4 Å². The lowest BCUT2D eigenvalue weighted by Crippen LogP contribution is -2.21. The van der Waals surface area contributed by atoms with Crippen LogP contribution in [0.1, 0.15) is 5.56 Å². The molecule has 0 aliphatic heterocycles. The van der Waals surface area contributed by atoms with Gasteiger partial charge in [-0.1, -0.05) is 47.5 Å². The number of aromatic nitrogens is 2. The Hall–Kier alpha value is -4.51. The molecule has 2 heterocycles. The summed E-state index contributed by atoms with van der Waals surface area (Å²) in [6.07, 6.45) is 1.44. The van der Waals surface area contributed by atoms with Gasteiger partial charge in [0.05, 0.1) is 32.3 Å². The summed E-state index contributed by atoms with van der Waals surface area (Å²) in [5.41, 5.74) is 1.21. The number of carbonyl (C=O) groups is 1. The van der Waals surface area contributed by atoms with Crippen molar-refractivity contribution in [2.75, 3.05) is 11.9 Å². The molecule has 6 aromatic rings. The van der Waals surface area contributed by atoms with E-state index in [1.54, 1.807) is 66.7 Å². The van der Waals surface area contributed by atoms with Crippen molar-refractivity contribution in [3.63, 3.8) is 0 Å². The van der Waals surface area contributed by atoms with Crippen LogP contribution < -0.4 is 15.6 Å². The maximum absolute atomic E-state index is 13.8. The van der Waals surface area contributed by atoms with Gasteiger partial charge in [0.25, 0.3) is 11.5 Å². The number of rotatable bonds is 7. The van der Waals surface area contributed by atoms with Crippen molar-refractivity contribution in [3.05, 3.63) is 121 Å². The van der Waals surface area contributed by atoms with Crippen LogP contribution in [0.5, 0.6) is 5.75 Å². The molecule has 0 fully saturated rings. The summed E-state index contributed by atoms with van der Waals surface area (Å²) < 4.78 is 27.0. The Balaban J connectivity index is 1.30. The molecular weight excluding hydrogens is 662 g/mol. The quantitative estimate of drug-likeness (QED) is 0.173. The average molecular weight is 680 g/mol. The molecule has 0 saturated carbocycles. The predicted molar refractivity (Wildman–Crippen MR) is 169 cm³/mol. The van der Waals surface area contributed by atoms with Crippen LogP contribution in [0.25, 0.3) is 33.5 Å². The Morgan fingerprint density at radius 1 is 1.07 bits per heavy atom. The van der Waals surface area contributed by atoms with E-state index in [9.17, 15) is 14.0 Å². The lowest BCUT2D eigenvalue weighted by Gasteiger charge is -2.12. The number of anilines is 1. The summed E-state index contributed by atoms with van der Waals surface area (Å²) in [5, 5.41) is 8.72. The van der Waals surface area contributed by atoms with Crippen LogP contribution in [-0.4, -0.2) is 28.4 Å². The largest absolute Gasteiger partial charge is 0.481 e. The van der Waals surface area contributed by atoms with E-state index < -0.39 is 23.9 Å². The Labute approximate surface area is 261 Å². The zero-order valence-corrected chi connectivity index (χ0v) is 25.0. The van der Waals surface area contributed by atoms with Crippen LogP contribution in [0.3, 0.4) is 0 Å². The molecule has 6 rings (SSSR count). The molecule has 0 aliphatic carbocycles. The van der Waals surface area contributed by atoms with E-state index in [4.69, 9.17) is 32.4 Å². The number of carbonyl (C=O) groups excluding carboxylic acids is 1. The number of benzene rings is 4. The second-order valence-corrected chi connectivity index (χ2v) is 10.9. The van der Waals surface area contributed by atoms with E-state index in [0.717, 1.165) is 10.1 Å². The third-order valence-corrected chi connectivity index (χ3v) is 7.40. The summed E-state index contributed by atoms with van der Waals surface area (Å²) in [6.45, 7) is -0.412. The van der Waals surface area contributed by atoms with Gasteiger partial charge in [-0.2, -0.15) is 9.78 Å². The fraction of sp³-hybridized carbons (Fsp3) is 0.0323. The van der Waals surface area contributed by atoms with Crippen LogP contribution in [0.15, 0.2) is 104 Å². The van der Waals surface area contributed by atoms with Gasteiger partial charge in [0.1, 0.15) is 11.4 Å². The number of hydrogen-bond acceptors (Lipinski definition) is 6. The van der Waals surface area contributed by atoms with Crippen LogP contribution in [0.4, 0.5) is 10.1 Å². The molecule has 0 atom stereocenters. The highest BCUT2D eigenvalue weighted by molar-refractivity contribution is 9.10. The van der Waals surface area contributed by atoms with Crippen molar-refractivity contribution in [1.82, 2.24) is 9.66 Å². The molecule has 12 heteroatoms. The highest BCUT2D eigenvalue weighted by Crippen LogP contribution is 2.34. The first-order chi connectivity index (χ1) is 20.8. The second kappa shape index (κ2) is 12.0. The van der Waals surface area contributed by atoms with Gasteiger partial charge >= 0.3 is 0 Å². The van der Waals surface area contributed by atoms with Crippen LogP contribution in [0, 0.1) is 5.82 Å². The molecule has 43 heavy (non-hydrogen) atoms. The second-order valence-electron chi connectivity index (χ2n) is 9.24. The summed E-state index contributed by atoms with van der Waals surface area (Å²) in [7, 11) is 0. The Bertz CT molecular complexity index is 2110. The summed E-state index contributed by atoms with van der Waals surface area (Å²) >= 11 is 16.0. The summed E-state index contributed by atoms with van der Waals surface area (Å²) in [5.74, 6) is -0.407. The third kappa shape index (κ3) is 6.03. The maximum Gasteiger partial charge on any atom is 0.282 e. The minimum absolute atomic E-state index is 0.0389. The highest BCUT2D eigenvalue weighted by Gasteiger charge is 2.17.